The predicted octanol–water partition coefficient (Wildman–Crippen LogP) is 4.37. The number of hydrogen-bond donors (Lipinski definition) is 0. The van der Waals surface area contributed by atoms with Gasteiger partial charge in [0.05, 0.1) is 6.04 Å². The highest BCUT2D eigenvalue weighted by atomic mass is 16.6. The van der Waals surface area contributed by atoms with Crippen LogP contribution in [-0.2, 0) is 9.53 Å². The SMILES string of the molecule is CC(C)C1COC(=O)N1C(=O)C=Cc1cccc(-c2ccccc2)c1. The second-order valence-electron chi connectivity index (χ2n) is 6.42. The van der Waals surface area contributed by atoms with Crippen LogP contribution >= 0.6 is 0 Å². The van der Waals surface area contributed by atoms with E-state index < -0.39 is 6.09 Å². The third kappa shape index (κ3) is 3.79. The number of carbonyl (C=O) groups is 2. The minimum absolute atomic E-state index is 0.158. The van der Waals surface area contributed by atoms with Crippen LogP contribution in [0.4, 0.5) is 4.79 Å². The lowest BCUT2D eigenvalue weighted by Gasteiger charge is -2.21. The van der Waals surface area contributed by atoms with Crippen LogP contribution in [0, 0.1) is 5.92 Å². The average molecular weight is 335 g/mol. The number of hydrogen-bond acceptors (Lipinski definition) is 3. The molecule has 0 saturated carbocycles. The standard InChI is InChI=1S/C21H21NO3/c1-15(2)19-14-25-21(24)22(19)20(23)12-11-16-7-6-10-18(13-16)17-8-4-3-5-9-17/h3-13,15,19H,14H2,1-2H3. The molecule has 0 aliphatic carbocycles. The van der Waals surface area contributed by atoms with Crippen LogP contribution in [-0.4, -0.2) is 29.5 Å². The summed E-state index contributed by atoms with van der Waals surface area (Å²) in [6, 6.07) is 17.8. The van der Waals surface area contributed by atoms with Gasteiger partial charge < -0.3 is 4.74 Å². The highest BCUT2D eigenvalue weighted by Crippen LogP contribution is 2.22. The Bertz CT molecular complexity index is 796. The zero-order valence-electron chi connectivity index (χ0n) is 14.4. The van der Waals surface area contributed by atoms with Crippen LogP contribution in [0.2, 0.25) is 0 Å². The van der Waals surface area contributed by atoms with Gasteiger partial charge in [0, 0.05) is 6.08 Å². The zero-order chi connectivity index (χ0) is 17.8. The molecule has 0 radical (unpaired) electrons. The molecule has 25 heavy (non-hydrogen) atoms. The Kier molecular flexibility index (Phi) is 4.98. The molecule has 1 unspecified atom stereocenters. The van der Waals surface area contributed by atoms with Gasteiger partial charge in [0.15, 0.2) is 0 Å². The van der Waals surface area contributed by atoms with Crippen LogP contribution in [0.3, 0.4) is 0 Å². The Labute approximate surface area is 147 Å². The Balaban J connectivity index is 1.78. The number of rotatable bonds is 4. The first-order chi connectivity index (χ1) is 12.1. The van der Waals surface area contributed by atoms with Crippen molar-refractivity contribution in [2.75, 3.05) is 6.61 Å². The van der Waals surface area contributed by atoms with Gasteiger partial charge in [0.25, 0.3) is 5.91 Å². The van der Waals surface area contributed by atoms with Crippen LogP contribution in [0.1, 0.15) is 19.4 Å². The lowest BCUT2D eigenvalue weighted by molar-refractivity contribution is -0.124. The Morgan fingerprint density at radius 3 is 2.56 bits per heavy atom. The number of ether oxygens (including phenoxy) is 1. The highest BCUT2D eigenvalue weighted by molar-refractivity contribution is 6.02. The third-order valence-electron chi connectivity index (χ3n) is 4.33. The minimum atomic E-state index is -0.564. The maximum absolute atomic E-state index is 12.4. The molecular formula is C21H21NO3. The van der Waals surface area contributed by atoms with E-state index in [0.29, 0.717) is 0 Å². The summed E-state index contributed by atoms with van der Waals surface area (Å²) >= 11 is 0. The smallest absolute Gasteiger partial charge is 0.417 e. The van der Waals surface area contributed by atoms with Crippen molar-refractivity contribution >= 4 is 18.1 Å². The van der Waals surface area contributed by atoms with Crippen LogP contribution < -0.4 is 0 Å². The van der Waals surface area contributed by atoms with Gasteiger partial charge in [-0.1, -0.05) is 62.4 Å². The molecule has 2 amide bonds. The normalized spacial score (nSPS) is 17.3. The molecule has 1 heterocycles. The fraction of sp³-hybridized carbons (Fsp3) is 0.238. The third-order valence-corrected chi connectivity index (χ3v) is 4.33. The fourth-order valence-corrected chi connectivity index (χ4v) is 2.88. The number of amides is 2. The van der Waals surface area contributed by atoms with Crippen LogP contribution in [0.15, 0.2) is 60.7 Å². The molecule has 1 aliphatic rings. The average Bonchev–Trinajstić information content (AvgIpc) is 3.03. The maximum atomic E-state index is 12.4. The van der Waals surface area contributed by atoms with E-state index in [2.05, 4.69) is 0 Å². The molecule has 4 nitrogen and oxygen atoms in total. The van der Waals surface area contributed by atoms with E-state index in [1.807, 2.05) is 68.4 Å². The Hall–Kier alpha value is -2.88. The van der Waals surface area contributed by atoms with Gasteiger partial charge in [0.2, 0.25) is 0 Å². The van der Waals surface area contributed by atoms with Crippen LogP contribution in [0.25, 0.3) is 17.2 Å². The van der Waals surface area contributed by atoms with E-state index in [4.69, 9.17) is 4.74 Å². The van der Waals surface area contributed by atoms with Gasteiger partial charge in [-0.3, -0.25) is 4.79 Å². The zero-order valence-corrected chi connectivity index (χ0v) is 14.4. The number of imide groups is 1. The fourth-order valence-electron chi connectivity index (χ4n) is 2.88. The van der Waals surface area contributed by atoms with Crippen molar-refractivity contribution in [3.05, 3.63) is 66.2 Å². The Morgan fingerprint density at radius 2 is 1.84 bits per heavy atom. The summed E-state index contributed by atoms with van der Waals surface area (Å²) < 4.78 is 5.02. The number of nitrogens with zero attached hydrogens (tertiary/aromatic N) is 1. The van der Waals surface area contributed by atoms with E-state index in [1.54, 1.807) is 6.08 Å². The minimum Gasteiger partial charge on any atom is -0.447 e. The summed E-state index contributed by atoms with van der Waals surface area (Å²) in [5.41, 5.74) is 3.10. The van der Waals surface area contributed by atoms with E-state index >= 15 is 0 Å². The summed E-state index contributed by atoms with van der Waals surface area (Å²) in [5, 5.41) is 0. The maximum Gasteiger partial charge on any atom is 0.417 e. The molecule has 1 atom stereocenters. The first kappa shape index (κ1) is 17.0. The number of benzene rings is 2. The monoisotopic (exact) mass is 335 g/mol. The molecule has 1 aliphatic heterocycles. The second kappa shape index (κ2) is 7.34. The summed E-state index contributed by atoms with van der Waals surface area (Å²) in [6.45, 7) is 4.21. The van der Waals surface area contributed by atoms with E-state index in [0.717, 1.165) is 16.7 Å². The summed E-state index contributed by atoms with van der Waals surface area (Å²) in [7, 11) is 0. The molecule has 2 aromatic carbocycles. The largest absolute Gasteiger partial charge is 0.447 e. The Morgan fingerprint density at radius 1 is 1.12 bits per heavy atom. The van der Waals surface area contributed by atoms with Gasteiger partial charge in [-0.15, -0.1) is 0 Å². The second-order valence-corrected chi connectivity index (χ2v) is 6.42. The molecule has 1 saturated heterocycles. The molecule has 0 spiro atoms. The summed E-state index contributed by atoms with van der Waals surface area (Å²) in [4.78, 5) is 25.5. The van der Waals surface area contributed by atoms with Crippen molar-refractivity contribution < 1.29 is 14.3 Å². The lowest BCUT2D eigenvalue weighted by Crippen LogP contribution is -2.40. The van der Waals surface area contributed by atoms with Crippen LogP contribution in [0.5, 0.6) is 0 Å². The molecule has 3 rings (SSSR count). The van der Waals surface area contributed by atoms with Gasteiger partial charge in [-0.2, -0.15) is 0 Å². The topological polar surface area (TPSA) is 46.6 Å². The van der Waals surface area contributed by atoms with Crippen molar-refractivity contribution in [2.45, 2.75) is 19.9 Å². The van der Waals surface area contributed by atoms with E-state index in [1.165, 1.54) is 11.0 Å². The van der Waals surface area contributed by atoms with Crippen molar-refractivity contribution in [1.29, 1.82) is 0 Å². The van der Waals surface area contributed by atoms with Gasteiger partial charge in [0.1, 0.15) is 6.61 Å². The molecule has 0 aromatic heterocycles. The first-order valence-corrected chi connectivity index (χ1v) is 8.40. The summed E-state index contributed by atoms with van der Waals surface area (Å²) in [5.74, 6) is -0.184. The molecule has 1 fully saturated rings. The molecule has 128 valence electrons. The molecule has 0 N–H and O–H groups in total. The van der Waals surface area contributed by atoms with Crippen molar-refractivity contribution in [3.8, 4) is 11.1 Å². The molecule has 4 heteroatoms. The first-order valence-electron chi connectivity index (χ1n) is 8.40. The predicted molar refractivity (Wildman–Crippen MR) is 97.7 cm³/mol. The number of carbonyl (C=O) groups excluding carboxylic acids is 2. The molecule has 0 bridgehead atoms. The summed E-state index contributed by atoms with van der Waals surface area (Å²) in [6.07, 6.45) is 2.61. The lowest BCUT2D eigenvalue weighted by atomic mass is 10.0. The molecular weight excluding hydrogens is 314 g/mol. The molecule has 2 aromatic rings. The van der Waals surface area contributed by atoms with E-state index in [9.17, 15) is 9.59 Å². The van der Waals surface area contributed by atoms with E-state index in [-0.39, 0.29) is 24.5 Å². The quantitative estimate of drug-likeness (QED) is 0.780. The highest BCUT2D eigenvalue weighted by Gasteiger charge is 2.38. The van der Waals surface area contributed by atoms with Gasteiger partial charge in [-0.25, -0.2) is 9.69 Å². The van der Waals surface area contributed by atoms with Crippen molar-refractivity contribution in [2.24, 2.45) is 5.92 Å². The van der Waals surface area contributed by atoms with Crippen molar-refractivity contribution in [3.63, 3.8) is 0 Å². The van der Waals surface area contributed by atoms with Gasteiger partial charge in [-0.05, 0) is 34.8 Å². The van der Waals surface area contributed by atoms with Crippen molar-refractivity contribution in [1.82, 2.24) is 4.90 Å². The number of cyclic esters (lactones) is 1. The van der Waals surface area contributed by atoms with Gasteiger partial charge >= 0.3 is 6.09 Å².